The summed E-state index contributed by atoms with van der Waals surface area (Å²) in [5.41, 5.74) is 0. The number of carbonyl (C=O) groups is 1. The first-order valence-corrected chi connectivity index (χ1v) is 4.27. The van der Waals surface area contributed by atoms with Gasteiger partial charge in [-0.2, -0.15) is 0 Å². The van der Waals surface area contributed by atoms with Crippen molar-refractivity contribution in [3.8, 4) is 0 Å². The smallest absolute Gasteiger partial charge is 0.245 e. The Bertz CT molecular complexity index is 250. The SMILES string of the molecule is C=CC(=O)[O-].CCOOS(=O)(=O)[O-].[NH4+].[NH4+]. The van der Waals surface area contributed by atoms with Crippen molar-refractivity contribution in [2.45, 2.75) is 6.92 Å². The van der Waals surface area contributed by atoms with Crippen molar-refractivity contribution in [1.82, 2.24) is 12.3 Å². The number of carboxylic acids is 1. The predicted molar refractivity (Wildman–Crippen MR) is 49.6 cm³/mol. The van der Waals surface area contributed by atoms with E-state index in [0.717, 1.165) is 6.08 Å². The van der Waals surface area contributed by atoms with Crippen LogP contribution in [0.4, 0.5) is 0 Å². The summed E-state index contributed by atoms with van der Waals surface area (Å²) < 4.78 is 31.8. The molecule has 9 nitrogen and oxygen atoms in total. The first-order chi connectivity index (χ1) is 5.83. The molecule has 0 aromatic rings. The van der Waals surface area contributed by atoms with Crippen molar-refractivity contribution in [3.63, 3.8) is 0 Å². The molecule has 0 spiro atoms. The average Bonchev–Trinajstić information content (AvgIpc) is 2.00. The van der Waals surface area contributed by atoms with Crippen LogP contribution < -0.4 is 17.4 Å². The number of hydrogen-bond acceptors (Lipinski definition) is 7. The molecular weight excluding hydrogens is 232 g/mol. The van der Waals surface area contributed by atoms with Gasteiger partial charge < -0.3 is 26.8 Å². The topological polar surface area (TPSA) is 189 Å². The van der Waals surface area contributed by atoms with Crippen LogP contribution in [0.1, 0.15) is 6.92 Å². The Kier molecular flexibility index (Phi) is 20.4. The van der Waals surface area contributed by atoms with Crippen LogP contribution in [0.15, 0.2) is 12.7 Å². The fourth-order valence-electron chi connectivity index (χ4n) is 0.107. The highest BCUT2D eigenvalue weighted by molar-refractivity contribution is 7.80. The molecule has 0 saturated heterocycles. The monoisotopic (exact) mass is 248 g/mol. The fraction of sp³-hybridized carbons (Fsp3) is 0.400. The van der Waals surface area contributed by atoms with E-state index in [1.807, 2.05) is 0 Å². The molecule has 0 fully saturated rings. The minimum Gasteiger partial charge on any atom is -0.724 e. The van der Waals surface area contributed by atoms with Gasteiger partial charge in [0.1, 0.15) is 0 Å². The Morgan fingerprint density at radius 2 is 1.80 bits per heavy atom. The third-order valence-electron chi connectivity index (χ3n) is 0.416. The second-order valence-electron chi connectivity index (χ2n) is 1.41. The van der Waals surface area contributed by atoms with E-state index in [2.05, 4.69) is 15.8 Å². The number of hydrogen-bond donors (Lipinski definition) is 2. The molecule has 0 atom stereocenters. The highest BCUT2D eigenvalue weighted by Gasteiger charge is 1.90. The van der Waals surface area contributed by atoms with Crippen LogP contribution in [-0.4, -0.2) is 25.5 Å². The van der Waals surface area contributed by atoms with Crippen molar-refractivity contribution in [1.29, 1.82) is 0 Å². The predicted octanol–water partition coefficient (Wildman–Crippen LogP) is -0.911. The molecule has 0 aliphatic rings. The lowest BCUT2D eigenvalue weighted by atomic mass is 10.7. The zero-order valence-corrected chi connectivity index (χ0v) is 9.57. The molecule has 10 heteroatoms. The Hall–Kier alpha value is -1.04. The van der Waals surface area contributed by atoms with Gasteiger partial charge in [0, 0.05) is 0 Å². The van der Waals surface area contributed by atoms with Crippen LogP contribution in [-0.2, 0) is 24.4 Å². The molecule has 0 aliphatic heterocycles. The van der Waals surface area contributed by atoms with Crippen LogP contribution in [0, 0.1) is 0 Å². The maximum absolute atomic E-state index is 9.49. The first kappa shape index (κ1) is 23.6. The number of rotatable bonds is 4. The molecule has 0 aromatic heterocycles. The summed E-state index contributed by atoms with van der Waals surface area (Å²) in [7, 11) is -4.66. The van der Waals surface area contributed by atoms with E-state index in [9.17, 15) is 13.0 Å². The van der Waals surface area contributed by atoms with E-state index >= 15 is 0 Å². The fourth-order valence-corrected chi connectivity index (χ4v) is 0.321. The van der Waals surface area contributed by atoms with Gasteiger partial charge in [-0.25, -0.2) is 13.3 Å². The van der Waals surface area contributed by atoms with Crippen LogP contribution >= 0.6 is 0 Å². The third kappa shape index (κ3) is 43.8. The van der Waals surface area contributed by atoms with Gasteiger partial charge in [0.15, 0.2) is 0 Å². The van der Waals surface area contributed by atoms with Gasteiger partial charge in [-0.05, 0) is 13.0 Å². The van der Waals surface area contributed by atoms with Gasteiger partial charge in [-0.3, -0.25) is 0 Å². The summed E-state index contributed by atoms with van der Waals surface area (Å²) in [6, 6.07) is 0. The Labute approximate surface area is 87.7 Å². The molecule has 0 bridgehead atoms. The van der Waals surface area contributed by atoms with Crippen molar-refractivity contribution >= 4 is 16.4 Å². The van der Waals surface area contributed by atoms with Gasteiger partial charge in [0.25, 0.3) is 0 Å². The van der Waals surface area contributed by atoms with Crippen LogP contribution in [0.3, 0.4) is 0 Å². The maximum atomic E-state index is 9.49. The maximum Gasteiger partial charge on any atom is 0.245 e. The van der Waals surface area contributed by atoms with Crippen molar-refractivity contribution < 1.29 is 32.1 Å². The molecule has 0 aliphatic carbocycles. The second kappa shape index (κ2) is 13.0. The number of aliphatic carboxylic acids is 1. The van der Waals surface area contributed by atoms with Crippen LogP contribution in [0.5, 0.6) is 0 Å². The highest BCUT2D eigenvalue weighted by Crippen LogP contribution is 1.84. The summed E-state index contributed by atoms with van der Waals surface area (Å²) >= 11 is 0. The highest BCUT2D eigenvalue weighted by atomic mass is 32.3. The molecule has 94 valence electrons. The normalized spacial score (nSPS) is 8.40. The molecule has 8 N–H and O–H groups in total. The Morgan fingerprint density at radius 1 is 1.47 bits per heavy atom. The molecule has 0 rings (SSSR count). The molecule has 0 saturated carbocycles. The minimum absolute atomic E-state index is 0. The zero-order chi connectivity index (χ0) is 10.9. The second-order valence-corrected chi connectivity index (χ2v) is 2.36. The summed E-state index contributed by atoms with van der Waals surface area (Å²) in [5.74, 6) is -1.23. The summed E-state index contributed by atoms with van der Waals surface area (Å²) in [4.78, 5) is 12.9. The van der Waals surface area contributed by atoms with Crippen LogP contribution in [0.25, 0.3) is 0 Å². The largest absolute Gasteiger partial charge is 0.724 e. The van der Waals surface area contributed by atoms with Crippen molar-refractivity contribution in [2.24, 2.45) is 0 Å². The molecule has 0 unspecified atom stereocenters. The lowest BCUT2D eigenvalue weighted by molar-refractivity contribution is -0.297. The average molecular weight is 248 g/mol. The van der Waals surface area contributed by atoms with Gasteiger partial charge in [-0.15, -0.1) is 4.33 Å². The molecule has 0 heterocycles. The molecule has 0 amide bonds. The van der Waals surface area contributed by atoms with Gasteiger partial charge in [-0.1, -0.05) is 6.58 Å². The van der Waals surface area contributed by atoms with Crippen LogP contribution in [0.2, 0.25) is 0 Å². The van der Waals surface area contributed by atoms with E-state index in [4.69, 9.17) is 9.90 Å². The summed E-state index contributed by atoms with van der Waals surface area (Å²) in [6.07, 6.45) is 0.722. The first-order valence-electron chi connectivity index (χ1n) is 2.93. The summed E-state index contributed by atoms with van der Waals surface area (Å²) in [6.45, 7) is 4.42. The quantitative estimate of drug-likeness (QED) is 0.211. The number of quaternary nitrogens is 2. The molecule has 0 aromatic carbocycles. The van der Waals surface area contributed by atoms with Gasteiger partial charge >= 0.3 is 0 Å². The Balaban J connectivity index is -0.0000000770. The van der Waals surface area contributed by atoms with Crippen molar-refractivity contribution in [2.75, 3.05) is 6.61 Å². The third-order valence-corrected chi connectivity index (χ3v) is 0.679. The van der Waals surface area contributed by atoms with E-state index in [1.165, 1.54) is 6.92 Å². The standard InChI is InChI=1S/C3H4O2.C2H6O5S.2H3N/c1-2-3(4)5;1-2-6-7-8(3,4)5;;/h2H,1H2,(H,4,5);2H2,1H3,(H,3,4,5);2*1H3. The number of carboxylic acid groups (broad SMARTS) is 1. The Morgan fingerprint density at radius 3 is 1.87 bits per heavy atom. The van der Waals surface area contributed by atoms with E-state index < -0.39 is 16.4 Å². The lowest BCUT2D eigenvalue weighted by Crippen LogP contribution is -2.17. The molecule has 0 radical (unpaired) electrons. The summed E-state index contributed by atoms with van der Waals surface area (Å²) in [5, 5.41) is 9.14. The van der Waals surface area contributed by atoms with E-state index in [-0.39, 0.29) is 18.9 Å². The van der Waals surface area contributed by atoms with Crippen molar-refractivity contribution in [3.05, 3.63) is 12.7 Å². The van der Waals surface area contributed by atoms with Gasteiger partial charge in [0.05, 0.1) is 12.6 Å². The van der Waals surface area contributed by atoms with E-state index in [0.29, 0.717) is 0 Å². The molecular formula is C5H16N2O7S. The van der Waals surface area contributed by atoms with E-state index in [1.54, 1.807) is 0 Å². The van der Waals surface area contributed by atoms with Gasteiger partial charge in [0.2, 0.25) is 10.4 Å². The lowest BCUT2D eigenvalue weighted by Gasteiger charge is -2.02. The minimum atomic E-state index is -4.66. The zero-order valence-electron chi connectivity index (χ0n) is 8.76. The number of carbonyl (C=O) groups excluding carboxylic acids is 1. The molecule has 15 heavy (non-hydrogen) atoms.